The molecule has 1 heteroatoms. The summed E-state index contributed by atoms with van der Waals surface area (Å²) in [6.45, 7) is 3.19. The number of nitrogens with one attached hydrogen (secondary N) is 1. The van der Waals surface area contributed by atoms with Crippen LogP contribution >= 0.6 is 0 Å². The van der Waals surface area contributed by atoms with E-state index in [0.29, 0.717) is 6.04 Å². The molecule has 0 heterocycles. The zero-order valence-corrected chi connectivity index (χ0v) is 7.96. The Morgan fingerprint density at radius 2 is 2.31 bits per heavy atom. The molecule has 1 N–H and O–H groups in total. The molecular weight excluding hydrogens is 158 g/mol. The van der Waals surface area contributed by atoms with E-state index < -0.39 is 0 Å². The molecule has 0 fully saturated rings. The summed E-state index contributed by atoms with van der Waals surface area (Å²) in [4.78, 5) is 0. The van der Waals surface area contributed by atoms with E-state index in [9.17, 15) is 0 Å². The highest BCUT2D eigenvalue weighted by Crippen LogP contribution is 2.26. The van der Waals surface area contributed by atoms with Gasteiger partial charge in [0.1, 0.15) is 0 Å². The Labute approximate surface area is 81.0 Å². The highest BCUT2D eigenvalue weighted by Gasteiger charge is 2.14. The molecule has 1 nitrogen and oxygen atoms in total. The fraction of sp³-hybridized carbons (Fsp3) is 0.333. The minimum absolute atomic E-state index is 0. The molecule has 1 aromatic carbocycles. The minimum Gasteiger partial charge on any atom is -0.310 e. The van der Waals surface area contributed by atoms with Gasteiger partial charge in [-0.25, -0.2) is 0 Å². The van der Waals surface area contributed by atoms with Crippen molar-refractivity contribution in [3.8, 4) is 0 Å². The average molecular weight is 175 g/mol. The molecule has 70 valence electrons. The molecule has 0 bridgehead atoms. The lowest BCUT2D eigenvalue weighted by atomic mass is 9.93. The van der Waals surface area contributed by atoms with Crippen molar-refractivity contribution in [1.82, 2.24) is 5.32 Å². The number of hydrogen-bond acceptors (Lipinski definition) is 1. The van der Waals surface area contributed by atoms with Crippen LogP contribution in [0, 0.1) is 0 Å². The van der Waals surface area contributed by atoms with Crippen LogP contribution in [0.15, 0.2) is 30.3 Å². The molecule has 1 unspecified atom stereocenters. The van der Waals surface area contributed by atoms with E-state index in [2.05, 4.69) is 48.7 Å². The van der Waals surface area contributed by atoms with Crippen LogP contribution in [-0.4, -0.2) is 6.54 Å². The highest BCUT2D eigenvalue weighted by atomic mass is 14.9. The smallest absolute Gasteiger partial charge is 0.0360 e. The van der Waals surface area contributed by atoms with Crippen LogP contribution in [0.25, 0.3) is 6.08 Å². The number of fused-ring (bicyclic) bond motifs is 1. The van der Waals surface area contributed by atoms with Gasteiger partial charge in [0, 0.05) is 7.47 Å². The number of rotatable bonds is 2. The number of hydrogen-bond donors (Lipinski definition) is 1. The lowest BCUT2D eigenvalue weighted by Gasteiger charge is -2.22. The monoisotopic (exact) mass is 175 g/mol. The van der Waals surface area contributed by atoms with Gasteiger partial charge in [-0.2, -0.15) is 0 Å². The Bertz CT molecular complexity index is 320. The lowest BCUT2D eigenvalue weighted by molar-refractivity contribution is 0.555. The van der Waals surface area contributed by atoms with Gasteiger partial charge in [-0.05, 0) is 24.1 Å². The Morgan fingerprint density at radius 1 is 1.46 bits per heavy atom. The Kier molecular flexibility index (Phi) is 2.46. The molecule has 0 aliphatic heterocycles. The fourth-order valence-electron chi connectivity index (χ4n) is 1.88. The van der Waals surface area contributed by atoms with E-state index in [1.165, 1.54) is 11.1 Å². The van der Waals surface area contributed by atoms with Crippen molar-refractivity contribution in [3.05, 3.63) is 41.5 Å². The zero-order chi connectivity index (χ0) is 9.10. The molecule has 0 saturated carbocycles. The Hall–Kier alpha value is -1.08. The molecule has 0 aromatic heterocycles. The van der Waals surface area contributed by atoms with E-state index in [1.54, 1.807) is 0 Å². The summed E-state index contributed by atoms with van der Waals surface area (Å²) < 4.78 is 0. The van der Waals surface area contributed by atoms with Gasteiger partial charge in [0.25, 0.3) is 0 Å². The average Bonchev–Trinajstić information content (AvgIpc) is 2.19. The third-order valence-corrected chi connectivity index (χ3v) is 2.49. The van der Waals surface area contributed by atoms with Crippen molar-refractivity contribution in [2.24, 2.45) is 0 Å². The van der Waals surface area contributed by atoms with Crippen LogP contribution in [0.3, 0.4) is 0 Å². The number of benzene rings is 1. The van der Waals surface area contributed by atoms with Gasteiger partial charge in [0.2, 0.25) is 0 Å². The SMILES string of the molecule is CCNC1CC=Cc2ccccc21.[HH]. The molecule has 1 atom stereocenters. The molecule has 2 rings (SSSR count). The zero-order valence-electron chi connectivity index (χ0n) is 7.96. The van der Waals surface area contributed by atoms with E-state index in [0.717, 1.165) is 13.0 Å². The van der Waals surface area contributed by atoms with Gasteiger partial charge in [0.05, 0.1) is 0 Å². The quantitative estimate of drug-likeness (QED) is 0.728. The second-order valence-electron chi connectivity index (χ2n) is 3.38. The second kappa shape index (κ2) is 3.75. The summed E-state index contributed by atoms with van der Waals surface area (Å²) in [6.07, 6.45) is 5.57. The molecule has 1 aromatic rings. The predicted molar refractivity (Wildman–Crippen MR) is 58.6 cm³/mol. The molecule has 1 aliphatic carbocycles. The molecular formula is C12H17N. The summed E-state index contributed by atoms with van der Waals surface area (Å²) in [6, 6.07) is 9.12. The fourth-order valence-corrected chi connectivity index (χ4v) is 1.88. The first-order valence-corrected chi connectivity index (χ1v) is 4.90. The summed E-state index contributed by atoms with van der Waals surface area (Å²) in [5.41, 5.74) is 2.80. The normalized spacial score (nSPS) is 19.9. The third kappa shape index (κ3) is 1.65. The maximum Gasteiger partial charge on any atom is 0.0360 e. The summed E-state index contributed by atoms with van der Waals surface area (Å²) in [5.74, 6) is 0. The van der Waals surface area contributed by atoms with Crippen LogP contribution in [0.1, 0.15) is 31.9 Å². The summed E-state index contributed by atoms with van der Waals surface area (Å²) in [5, 5.41) is 3.49. The van der Waals surface area contributed by atoms with Crippen molar-refractivity contribution in [2.75, 3.05) is 6.54 Å². The Balaban J connectivity index is 0.000000980. The molecule has 1 aliphatic rings. The summed E-state index contributed by atoms with van der Waals surface area (Å²) in [7, 11) is 0. The Morgan fingerprint density at radius 3 is 3.15 bits per heavy atom. The van der Waals surface area contributed by atoms with E-state index in [-0.39, 0.29) is 1.43 Å². The van der Waals surface area contributed by atoms with Gasteiger partial charge < -0.3 is 5.32 Å². The largest absolute Gasteiger partial charge is 0.310 e. The van der Waals surface area contributed by atoms with Crippen LogP contribution in [0.2, 0.25) is 0 Å². The van der Waals surface area contributed by atoms with Crippen molar-refractivity contribution < 1.29 is 1.43 Å². The first-order chi connectivity index (χ1) is 6.42. The van der Waals surface area contributed by atoms with Gasteiger partial charge >= 0.3 is 0 Å². The predicted octanol–water partition coefficient (Wildman–Crippen LogP) is 3.00. The second-order valence-corrected chi connectivity index (χ2v) is 3.38. The van der Waals surface area contributed by atoms with Gasteiger partial charge in [-0.15, -0.1) is 0 Å². The van der Waals surface area contributed by atoms with E-state index >= 15 is 0 Å². The summed E-state index contributed by atoms with van der Waals surface area (Å²) >= 11 is 0. The van der Waals surface area contributed by atoms with Gasteiger partial charge in [0.15, 0.2) is 0 Å². The molecule has 0 amide bonds. The third-order valence-electron chi connectivity index (χ3n) is 2.49. The molecule has 13 heavy (non-hydrogen) atoms. The minimum atomic E-state index is 0. The van der Waals surface area contributed by atoms with Crippen LogP contribution in [-0.2, 0) is 0 Å². The van der Waals surface area contributed by atoms with Crippen molar-refractivity contribution in [3.63, 3.8) is 0 Å². The van der Waals surface area contributed by atoms with E-state index in [1.807, 2.05) is 0 Å². The molecule has 0 radical (unpaired) electrons. The molecule has 0 saturated heterocycles. The van der Waals surface area contributed by atoms with Crippen LogP contribution in [0.4, 0.5) is 0 Å². The lowest BCUT2D eigenvalue weighted by Crippen LogP contribution is -2.22. The topological polar surface area (TPSA) is 12.0 Å². The van der Waals surface area contributed by atoms with Crippen molar-refractivity contribution in [1.29, 1.82) is 0 Å². The first-order valence-electron chi connectivity index (χ1n) is 4.90. The van der Waals surface area contributed by atoms with Crippen molar-refractivity contribution in [2.45, 2.75) is 19.4 Å². The van der Waals surface area contributed by atoms with Gasteiger partial charge in [-0.3, -0.25) is 0 Å². The highest BCUT2D eigenvalue weighted by molar-refractivity contribution is 5.57. The van der Waals surface area contributed by atoms with Crippen LogP contribution in [0.5, 0.6) is 0 Å². The molecule has 0 spiro atoms. The first kappa shape index (κ1) is 8.52. The van der Waals surface area contributed by atoms with Gasteiger partial charge in [-0.1, -0.05) is 43.3 Å². The van der Waals surface area contributed by atoms with E-state index in [4.69, 9.17) is 0 Å². The maximum absolute atomic E-state index is 3.49. The van der Waals surface area contributed by atoms with Crippen molar-refractivity contribution >= 4 is 6.08 Å². The standard InChI is InChI=1S/C12H15N.H2/c1-2-13-12-9-5-7-10-6-3-4-8-11(10)12;/h3-8,12-13H,2,9H2,1H3;1H. The maximum atomic E-state index is 3.49. The van der Waals surface area contributed by atoms with Crippen LogP contribution < -0.4 is 5.32 Å².